The van der Waals surface area contributed by atoms with Crippen molar-refractivity contribution in [3.05, 3.63) is 14.4 Å². The SMILES string of the molecule is CC.CC(C)(C)O[C-]=O.N=CC=O.[CH2-]CC.[CH3-].[Na+]. The molecule has 0 rings (SSSR count). The molecular formula is C13H28NNaO3-2. The summed E-state index contributed by atoms with van der Waals surface area (Å²) in [6.45, 7) is 16.2. The Kier molecular flexibility index (Phi) is 72.1. The molecule has 5 heteroatoms. The van der Waals surface area contributed by atoms with Crippen molar-refractivity contribution in [3.63, 3.8) is 0 Å². The minimum atomic E-state index is -0.373. The van der Waals surface area contributed by atoms with Crippen molar-refractivity contribution >= 4 is 19.0 Å². The Bertz CT molecular complexity index is 140. The van der Waals surface area contributed by atoms with Crippen LogP contribution in [0.4, 0.5) is 0 Å². The van der Waals surface area contributed by atoms with Crippen molar-refractivity contribution in [2.75, 3.05) is 0 Å². The zero-order valence-corrected chi connectivity index (χ0v) is 15.3. The fraction of sp³-hybridized carbons (Fsp3) is 0.615. The molecule has 0 saturated heterocycles. The van der Waals surface area contributed by atoms with E-state index >= 15 is 0 Å². The summed E-state index contributed by atoms with van der Waals surface area (Å²) >= 11 is 0. The Balaban J connectivity index is -0.0000000287. The van der Waals surface area contributed by atoms with E-state index in [-0.39, 0.29) is 42.6 Å². The van der Waals surface area contributed by atoms with Gasteiger partial charge in [-0.1, -0.05) is 27.2 Å². The van der Waals surface area contributed by atoms with Gasteiger partial charge in [-0.25, -0.2) is 0 Å². The maximum Gasteiger partial charge on any atom is 1.00 e. The molecule has 0 aromatic heterocycles. The van der Waals surface area contributed by atoms with E-state index in [9.17, 15) is 4.79 Å². The molecule has 0 aromatic rings. The number of nitrogens with one attached hydrogen (secondary N) is 1. The van der Waals surface area contributed by atoms with E-state index in [1.54, 1.807) is 20.8 Å². The molecule has 0 aliphatic rings. The molecule has 106 valence electrons. The molecule has 0 unspecified atom stereocenters. The van der Waals surface area contributed by atoms with Crippen LogP contribution in [0.3, 0.4) is 0 Å². The van der Waals surface area contributed by atoms with Gasteiger partial charge in [-0.2, -0.15) is 6.42 Å². The average molecular weight is 269 g/mol. The predicted molar refractivity (Wildman–Crippen MR) is 74.8 cm³/mol. The number of hydrogen-bond acceptors (Lipinski definition) is 4. The summed E-state index contributed by atoms with van der Waals surface area (Å²) in [5, 5.41) is 5.96. The maximum absolute atomic E-state index is 9.47. The standard InChI is InChI=1S/C5H9O2.C3H7.C2H3NO.C2H6.CH3.Na/c1-5(2,3)7-4-6;1-3-2;3-1-2-4;1-2;;/h1-3H3;1,3H2,2H3;1-3H;1-2H3;1H3;/q2*-1;;;-1;+1. The molecule has 0 aromatic carbocycles. The first kappa shape index (κ1) is 36.1. The van der Waals surface area contributed by atoms with E-state index < -0.39 is 0 Å². The van der Waals surface area contributed by atoms with Crippen LogP contribution in [0.25, 0.3) is 0 Å². The largest absolute Gasteiger partial charge is 1.00 e. The fourth-order valence-corrected chi connectivity index (χ4v) is 0.125. The van der Waals surface area contributed by atoms with Crippen LogP contribution in [0.2, 0.25) is 0 Å². The first-order valence-electron chi connectivity index (χ1n) is 5.18. The molecule has 18 heavy (non-hydrogen) atoms. The van der Waals surface area contributed by atoms with Crippen LogP contribution in [-0.4, -0.2) is 24.6 Å². The van der Waals surface area contributed by atoms with Crippen LogP contribution in [-0.2, 0) is 14.3 Å². The summed E-state index contributed by atoms with van der Waals surface area (Å²) < 4.78 is 4.42. The molecule has 0 atom stereocenters. The fourth-order valence-electron chi connectivity index (χ4n) is 0.125. The van der Waals surface area contributed by atoms with Gasteiger partial charge in [-0.3, -0.25) is 4.79 Å². The van der Waals surface area contributed by atoms with Gasteiger partial charge in [0.2, 0.25) is 0 Å². The second-order valence-corrected chi connectivity index (χ2v) is 3.10. The number of hydrogen-bond donors (Lipinski definition) is 1. The quantitative estimate of drug-likeness (QED) is 0.342. The van der Waals surface area contributed by atoms with Crippen molar-refractivity contribution < 1.29 is 43.9 Å². The van der Waals surface area contributed by atoms with Crippen molar-refractivity contribution in [3.8, 4) is 0 Å². The average Bonchev–Trinajstić information content (AvgIpc) is 2.21. The van der Waals surface area contributed by atoms with Gasteiger partial charge in [0.15, 0.2) is 6.29 Å². The van der Waals surface area contributed by atoms with Gasteiger partial charge in [0.25, 0.3) is 0 Å². The van der Waals surface area contributed by atoms with E-state index in [4.69, 9.17) is 10.2 Å². The smallest absolute Gasteiger partial charge is 0.649 e. The van der Waals surface area contributed by atoms with Gasteiger partial charge in [0, 0.05) is 0 Å². The van der Waals surface area contributed by atoms with E-state index in [0.717, 1.165) is 6.42 Å². The molecule has 1 N–H and O–H groups in total. The molecule has 0 radical (unpaired) electrons. The normalized spacial score (nSPS) is 6.61. The molecule has 0 saturated carbocycles. The minimum Gasteiger partial charge on any atom is -0.649 e. The van der Waals surface area contributed by atoms with Crippen LogP contribution in [0.5, 0.6) is 0 Å². The number of rotatable bonds is 2. The third-order valence-corrected chi connectivity index (χ3v) is 0.416. The van der Waals surface area contributed by atoms with E-state index in [2.05, 4.69) is 11.7 Å². The van der Waals surface area contributed by atoms with Crippen molar-refractivity contribution in [2.45, 2.75) is 53.6 Å². The topological polar surface area (TPSA) is 67.2 Å². The summed E-state index contributed by atoms with van der Waals surface area (Å²) in [5.74, 6) is 0. The molecule has 0 amide bonds. The second kappa shape index (κ2) is 36.0. The van der Waals surface area contributed by atoms with Crippen molar-refractivity contribution in [1.82, 2.24) is 0 Å². The Morgan fingerprint density at radius 1 is 1.33 bits per heavy atom. The Labute approximate surface area is 136 Å². The molecule has 0 aliphatic carbocycles. The second-order valence-electron chi connectivity index (χ2n) is 3.10. The van der Waals surface area contributed by atoms with Crippen LogP contribution in [0, 0.1) is 19.8 Å². The zero-order chi connectivity index (χ0) is 14.0. The molecule has 0 heterocycles. The van der Waals surface area contributed by atoms with E-state index in [1.165, 1.54) is 6.47 Å². The van der Waals surface area contributed by atoms with E-state index in [0.29, 0.717) is 12.5 Å². The summed E-state index contributed by atoms with van der Waals surface area (Å²) in [4.78, 5) is 18.4. The van der Waals surface area contributed by atoms with Gasteiger partial charge < -0.3 is 29.3 Å². The maximum atomic E-state index is 9.47. The summed E-state index contributed by atoms with van der Waals surface area (Å²) in [6, 6.07) is 0. The number of carbonyl (C=O) groups is 1. The zero-order valence-electron chi connectivity index (χ0n) is 13.3. The van der Waals surface area contributed by atoms with Gasteiger partial charge in [0.05, 0.1) is 11.8 Å². The summed E-state index contributed by atoms with van der Waals surface area (Å²) in [6.07, 6.45) is 2.11. The van der Waals surface area contributed by atoms with Crippen LogP contribution >= 0.6 is 0 Å². The molecular weight excluding hydrogens is 241 g/mol. The van der Waals surface area contributed by atoms with E-state index in [1.807, 2.05) is 20.8 Å². The third kappa shape index (κ3) is 150. The summed E-state index contributed by atoms with van der Waals surface area (Å²) in [5.41, 5.74) is -0.373. The molecule has 4 nitrogen and oxygen atoms in total. The third-order valence-electron chi connectivity index (χ3n) is 0.416. The van der Waals surface area contributed by atoms with Crippen molar-refractivity contribution in [2.24, 2.45) is 0 Å². The number of carbonyl (C=O) groups excluding carboxylic acids is 2. The number of aldehydes is 1. The first-order valence-corrected chi connectivity index (χ1v) is 5.18. The Morgan fingerprint density at radius 3 is 1.56 bits per heavy atom. The molecule has 0 aliphatic heterocycles. The van der Waals surface area contributed by atoms with Crippen molar-refractivity contribution in [1.29, 1.82) is 5.41 Å². The number of ether oxygens (including phenoxy) is 1. The Morgan fingerprint density at radius 2 is 1.56 bits per heavy atom. The van der Waals surface area contributed by atoms with Gasteiger partial charge in [-0.15, -0.1) is 0 Å². The molecule has 0 fully saturated rings. The predicted octanol–water partition coefficient (Wildman–Crippen LogP) is 0.415. The van der Waals surface area contributed by atoms with Crippen LogP contribution < -0.4 is 29.6 Å². The minimum absolute atomic E-state index is 0. The van der Waals surface area contributed by atoms with Gasteiger partial charge in [-0.05, 0) is 20.8 Å². The monoisotopic (exact) mass is 269 g/mol. The van der Waals surface area contributed by atoms with Gasteiger partial charge >= 0.3 is 29.6 Å². The molecule has 0 spiro atoms. The molecule has 0 bridgehead atoms. The van der Waals surface area contributed by atoms with Crippen LogP contribution in [0.1, 0.15) is 48.0 Å². The van der Waals surface area contributed by atoms with Crippen LogP contribution in [0.15, 0.2) is 0 Å². The van der Waals surface area contributed by atoms with Gasteiger partial charge in [0.1, 0.15) is 0 Å². The summed E-state index contributed by atoms with van der Waals surface area (Å²) in [7, 11) is 0. The first-order chi connectivity index (χ1) is 7.39. The Hall–Kier alpha value is -0.190.